The molecule has 0 saturated carbocycles. The Hall–Kier alpha value is -3.06. The second-order valence-electron chi connectivity index (χ2n) is 7.22. The lowest BCUT2D eigenvalue weighted by molar-refractivity contribution is -0.126. The van der Waals surface area contributed by atoms with E-state index in [-0.39, 0.29) is 30.2 Å². The van der Waals surface area contributed by atoms with Crippen molar-refractivity contribution in [2.75, 3.05) is 38.9 Å². The van der Waals surface area contributed by atoms with Gasteiger partial charge in [-0.2, -0.15) is 0 Å². The molecule has 160 valence electrons. The summed E-state index contributed by atoms with van der Waals surface area (Å²) in [5.41, 5.74) is 1.71. The summed E-state index contributed by atoms with van der Waals surface area (Å²) in [6, 6.07) is 14.8. The molecular weight excluding hydrogens is 384 g/mol. The second kappa shape index (κ2) is 10.1. The molecule has 0 bridgehead atoms. The summed E-state index contributed by atoms with van der Waals surface area (Å²) in [5, 5.41) is 3.02. The summed E-state index contributed by atoms with van der Waals surface area (Å²) in [7, 11) is 3.19. The Balaban J connectivity index is 1.62. The molecule has 2 aromatic rings. The smallest absolute Gasteiger partial charge is 0.227 e. The first kappa shape index (κ1) is 21.6. The number of anilines is 1. The van der Waals surface area contributed by atoms with Gasteiger partial charge in [-0.1, -0.05) is 24.3 Å². The van der Waals surface area contributed by atoms with E-state index >= 15 is 0 Å². The largest absolute Gasteiger partial charge is 0.493 e. The molecule has 0 spiro atoms. The van der Waals surface area contributed by atoms with Gasteiger partial charge in [0, 0.05) is 25.8 Å². The first-order valence-electron chi connectivity index (χ1n) is 9.99. The number of carbonyl (C=O) groups excluding carboxylic acids is 2. The third-order valence-corrected chi connectivity index (χ3v) is 5.16. The highest BCUT2D eigenvalue weighted by Crippen LogP contribution is 2.31. The zero-order chi connectivity index (χ0) is 21.5. The number of benzene rings is 2. The van der Waals surface area contributed by atoms with Crippen LogP contribution < -0.4 is 19.7 Å². The molecule has 0 aliphatic carbocycles. The number of nitrogens with one attached hydrogen (secondary N) is 1. The minimum Gasteiger partial charge on any atom is -0.493 e. The van der Waals surface area contributed by atoms with Crippen molar-refractivity contribution in [1.29, 1.82) is 0 Å². The normalized spacial score (nSPS) is 17.0. The van der Waals surface area contributed by atoms with Crippen LogP contribution in [0.1, 0.15) is 24.9 Å². The summed E-state index contributed by atoms with van der Waals surface area (Å²) < 4.78 is 16.1. The summed E-state index contributed by atoms with van der Waals surface area (Å²) in [5.74, 6) is 0.674. The van der Waals surface area contributed by atoms with Crippen LogP contribution >= 0.6 is 0 Å². The highest BCUT2D eigenvalue weighted by Gasteiger charge is 2.35. The fourth-order valence-electron chi connectivity index (χ4n) is 3.46. The fourth-order valence-corrected chi connectivity index (χ4v) is 3.46. The molecule has 2 atom stereocenters. The van der Waals surface area contributed by atoms with Crippen LogP contribution in [0.3, 0.4) is 0 Å². The maximum atomic E-state index is 12.8. The van der Waals surface area contributed by atoms with Gasteiger partial charge in [0.2, 0.25) is 11.8 Å². The van der Waals surface area contributed by atoms with Crippen LogP contribution in [0.15, 0.2) is 48.5 Å². The molecule has 1 heterocycles. The molecule has 0 unspecified atom stereocenters. The number of amides is 2. The molecule has 1 aliphatic heterocycles. The lowest BCUT2D eigenvalue weighted by atomic mass is 10.0. The van der Waals surface area contributed by atoms with Gasteiger partial charge in [-0.25, -0.2) is 0 Å². The lowest BCUT2D eigenvalue weighted by Gasteiger charge is -2.20. The maximum Gasteiger partial charge on any atom is 0.227 e. The minimum atomic E-state index is -0.376. The second-order valence-corrected chi connectivity index (χ2v) is 7.22. The standard InChI is InChI=1S/C23H28N2O5/c1-16(17-9-10-20(21(13-17)29-3)30-12-11-28-2)24-23(27)18-14-22(26)25(15-18)19-7-5-4-6-8-19/h4-10,13,16,18H,11-12,14-15H2,1-3H3,(H,24,27)/t16-,18+/m1/s1. The molecule has 2 aromatic carbocycles. The number of ether oxygens (including phenoxy) is 3. The van der Waals surface area contributed by atoms with Crippen molar-refractivity contribution in [3.05, 3.63) is 54.1 Å². The first-order chi connectivity index (χ1) is 14.5. The minimum absolute atomic E-state index is 0.0340. The number of hydrogen-bond donors (Lipinski definition) is 1. The summed E-state index contributed by atoms with van der Waals surface area (Å²) in [6.45, 7) is 3.20. The summed E-state index contributed by atoms with van der Waals surface area (Å²) >= 11 is 0. The molecule has 1 fully saturated rings. The van der Waals surface area contributed by atoms with E-state index in [1.807, 2.05) is 55.5 Å². The monoisotopic (exact) mass is 412 g/mol. The molecule has 1 saturated heterocycles. The zero-order valence-corrected chi connectivity index (χ0v) is 17.6. The fraction of sp³-hybridized carbons (Fsp3) is 0.391. The maximum absolute atomic E-state index is 12.8. The first-order valence-corrected chi connectivity index (χ1v) is 9.99. The Morgan fingerprint density at radius 2 is 1.90 bits per heavy atom. The number of para-hydroxylation sites is 1. The molecule has 3 rings (SSSR count). The Morgan fingerprint density at radius 3 is 2.60 bits per heavy atom. The average molecular weight is 412 g/mol. The van der Waals surface area contributed by atoms with Gasteiger partial charge in [0.15, 0.2) is 11.5 Å². The van der Waals surface area contributed by atoms with Crippen molar-refractivity contribution in [3.63, 3.8) is 0 Å². The quantitative estimate of drug-likeness (QED) is 0.641. The van der Waals surface area contributed by atoms with Gasteiger partial charge in [-0.3, -0.25) is 9.59 Å². The van der Waals surface area contributed by atoms with E-state index in [1.54, 1.807) is 19.1 Å². The summed E-state index contributed by atoms with van der Waals surface area (Å²) in [4.78, 5) is 26.8. The lowest BCUT2D eigenvalue weighted by Crippen LogP contribution is -2.34. The Bertz CT molecular complexity index is 871. The van der Waals surface area contributed by atoms with Crippen LogP contribution in [0, 0.1) is 5.92 Å². The predicted octanol–water partition coefficient (Wildman–Crippen LogP) is 2.95. The van der Waals surface area contributed by atoms with E-state index in [1.165, 1.54) is 0 Å². The highest BCUT2D eigenvalue weighted by molar-refractivity contribution is 6.00. The van der Waals surface area contributed by atoms with Crippen molar-refractivity contribution in [2.45, 2.75) is 19.4 Å². The van der Waals surface area contributed by atoms with Crippen molar-refractivity contribution in [1.82, 2.24) is 5.32 Å². The van der Waals surface area contributed by atoms with E-state index in [0.29, 0.717) is 31.3 Å². The predicted molar refractivity (Wildman–Crippen MR) is 114 cm³/mol. The zero-order valence-electron chi connectivity index (χ0n) is 17.6. The van der Waals surface area contributed by atoms with Gasteiger partial charge in [0.25, 0.3) is 0 Å². The number of nitrogens with zero attached hydrogens (tertiary/aromatic N) is 1. The van der Waals surface area contributed by atoms with Crippen molar-refractivity contribution < 1.29 is 23.8 Å². The molecule has 1 aliphatic rings. The van der Waals surface area contributed by atoms with Crippen LogP contribution in [-0.4, -0.2) is 45.8 Å². The SMILES string of the molecule is COCCOc1ccc([C@@H](C)NC(=O)[C@H]2CC(=O)N(c3ccccc3)C2)cc1OC. The van der Waals surface area contributed by atoms with Crippen molar-refractivity contribution in [2.24, 2.45) is 5.92 Å². The average Bonchev–Trinajstić information content (AvgIpc) is 3.16. The van der Waals surface area contributed by atoms with E-state index in [4.69, 9.17) is 14.2 Å². The van der Waals surface area contributed by atoms with E-state index < -0.39 is 0 Å². The molecule has 7 heteroatoms. The molecule has 7 nitrogen and oxygen atoms in total. The van der Waals surface area contributed by atoms with Gasteiger partial charge in [-0.05, 0) is 36.8 Å². The summed E-state index contributed by atoms with van der Waals surface area (Å²) in [6.07, 6.45) is 0.211. The van der Waals surface area contributed by atoms with Gasteiger partial charge in [0.1, 0.15) is 6.61 Å². The third kappa shape index (κ3) is 5.10. The molecular formula is C23H28N2O5. The van der Waals surface area contributed by atoms with Crippen LogP contribution in [0.4, 0.5) is 5.69 Å². The molecule has 1 N–H and O–H groups in total. The number of methoxy groups -OCH3 is 2. The van der Waals surface area contributed by atoms with Gasteiger partial charge in [0.05, 0.1) is 25.7 Å². The Kier molecular flexibility index (Phi) is 7.30. The van der Waals surface area contributed by atoms with E-state index in [9.17, 15) is 9.59 Å². The molecule has 0 aromatic heterocycles. The Labute approximate surface area is 176 Å². The highest BCUT2D eigenvalue weighted by atomic mass is 16.5. The molecule has 0 radical (unpaired) electrons. The number of hydrogen-bond acceptors (Lipinski definition) is 5. The molecule has 2 amide bonds. The van der Waals surface area contributed by atoms with Crippen molar-refractivity contribution >= 4 is 17.5 Å². The Morgan fingerprint density at radius 1 is 1.13 bits per heavy atom. The van der Waals surface area contributed by atoms with Crippen LogP contribution in [0.2, 0.25) is 0 Å². The van der Waals surface area contributed by atoms with Crippen molar-refractivity contribution in [3.8, 4) is 11.5 Å². The third-order valence-electron chi connectivity index (χ3n) is 5.16. The topological polar surface area (TPSA) is 77.1 Å². The van der Waals surface area contributed by atoms with E-state index in [0.717, 1.165) is 11.3 Å². The number of rotatable bonds is 9. The number of carbonyl (C=O) groups is 2. The molecule has 30 heavy (non-hydrogen) atoms. The van der Waals surface area contributed by atoms with Crippen LogP contribution in [0.5, 0.6) is 11.5 Å². The van der Waals surface area contributed by atoms with Crippen LogP contribution in [-0.2, 0) is 14.3 Å². The van der Waals surface area contributed by atoms with E-state index in [2.05, 4.69) is 5.32 Å². The van der Waals surface area contributed by atoms with Crippen LogP contribution in [0.25, 0.3) is 0 Å². The van der Waals surface area contributed by atoms with Gasteiger partial charge >= 0.3 is 0 Å². The van der Waals surface area contributed by atoms with Gasteiger partial charge in [-0.15, -0.1) is 0 Å². The van der Waals surface area contributed by atoms with Gasteiger partial charge < -0.3 is 24.4 Å².